The lowest BCUT2D eigenvalue weighted by atomic mass is 10.1. The topological polar surface area (TPSA) is 90.4 Å². The lowest BCUT2D eigenvalue weighted by Gasteiger charge is -2.18. The number of rotatable bonds is 5. The molecule has 0 radical (unpaired) electrons. The lowest BCUT2D eigenvalue weighted by Crippen LogP contribution is -2.28. The molecule has 4 rings (SSSR count). The first-order chi connectivity index (χ1) is 12.7. The second kappa shape index (κ2) is 7.42. The Morgan fingerprint density at radius 1 is 1.15 bits per heavy atom. The van der Waals surface area contributed by atoms with Gasteiger partial charge in [-0.2, -0.15) is 0 Å². The van der Waals surface area contributed by atoms with E-state index in [0.717, 1.165) is 37.3 Å². The number of tetrazole rings is 1. The van der Waals surface area contributed by atoms with Gasteiger partial charge in [-0.1, -0.05) is 11.3 Å². The van der Waals surface area contributed by atoms with E-state index in [1.165, 1.54) is 16.9 Å². The maximum absolute atomic E-state index is 4.43. The van der Waals surface area contributed by atoms with Crippen molar-refractivity contribution in [1.29, 1.82) is 0 Å². The van der Waals surface area contributed by atoms with Crippen molar-refractivity contribution in [2.75, 3.05) is 13.1 Å². The number of thiazole rings is 1. The van der Waals surface area contributed by atoms with Gasteiger partial charge in [0, 0.05) is 24.5 Å². The molecule has 0 spiro atoms. The first-order valence-electron chi connectivity index (χ1n) is 8.69. The zero-order valence-corrected chi connectivity index (χ0v) is 15.7. The van der Waals surface area contributed by atoms with Crippen molar-refractivity contribution in [1.82, 2.24) is 45.1 Å². The number of hydrogen-bond acceptors (Lipinski definition) is 8. The Labute approximate surface area is 155 Å². The van der Waals surface area contributed by atoms with Crippen LogP contribution in [0.25, 0.3) is 17.1 Å². The smallest absolute Gasteiger partial charge is 0.224 e. The van der Waals surface area contributed by atoms with E-state index in [-0.39, 0.29) is 0 Å². The summed E-state index contributed by atoms with van der Waals surface area (Å²) in [5.74, 6) is 0.574. The van der Waals surface area contributed by atoms with Gasteiger partial charge >= 0.3 is 0 Å². The van der Waals surface area contributed by atoms with Gasteiger partial charge < -0.3 is 0 Å². The molecular weight excluding hydrogens is 350 g/mol. The van der Waals surface area contributed by atoms with Crippen molar-refractivity contribution in [3.8, 4) is 11.5 Å². The van der Waals surface area contributed by atoms with E-state index in [1.54, 1.807) is 10.3 Å². The quantitative estimate of drug-likeness (QED) is 0.678. The molecule has 0 N–H and O–H groups in total. The molecule has 0 aromatic carbocycles. The summed E-state index contributed by atoms with van der Waals surface area (Å²) in [4.78, 5) is 8.18. The average Bonchev–Trinajstić information content (AvgIpc) is 3.35. The van der Waals surface area contributed by atoms with Crippen LogP contribution in [0.2, 0.25) is 0 Å². The predicted molar refractivity (Wildman–Crippen MR) is 98.1 cm³/mol. The molecule has 0 aliphatic carbocycles. The molecular formula is C16H21N9S. The maximum atomic E-state index is 4.43. The molecule has 0 saturated heterocycles. The Morgan fingerprint density at radius 3 is 2.85 bits per heavy atom. The fraction of sp³-hybridized carbons (Fsp3) is 0.500. The van der Waals surface area contributed by atoms with Gasteiger partial charge in [0.2, 0.25) is 5.82 Å². The van der Waals surface area contributed by atoms with Gasteiger partial charge in [-0.3, -0.25) is 4.90 Å². The fourth-order valence-electron chi connectivity index (χ4n) is 2.87. The summed E-state index contributed by atoms with van der Waals surface area (Å²) in [7, 11) is 0. The molecule has 9 nitrogen and oxygen atoms in total. The van der Waals surface area contributed by atoms with E-state index in [2.05, 4.69) is 55.5 Å². The van der Waals surface area contributed by atoms with Crippen LogP contribution in [-0.2, 0) is 6.67 Å². The second-order valence-corrected chi connectivity index (χ2v) is 7.28. The molecule has 10 heteroatoms. The Kier molecular flexibility index (Phi) is 4.85. The van der Waals surface area contributed by atoms with Crippen molar-refractivity contribution in [3.05, 3.63) is 28.9 Å². The van der Waals surface area contributed by atoms with Crippen LogP contribution in [0.4, 0.5) is 0 Å². The highest BCUT2D eigenvalue weighted by Gasteiger charge is 2.16. The first-order valence-corrected chi connectivity index (χ1v) is 9.63. The zero-order valence-electron chi connectivity index (χ0n) is 14.9. The monoisotopic (exact) mass is 371 g/mol. The minimum absolute atomic E-state index is 0.324. The van der Waals surface area contributed by atoms with E-state index in [1.807, 2.05) is 16.3 Å². The Balaban J connectivity index is 1.37. The van der Waals surface area contributed by atoms with Crippen LogP contribution in [0, 0.1) is 0 Å². The van der Waals surface area contributed by atoms with Gasteiger partial charge in [0.1, 0.15) is 18.1 Å². The molecule has 0 saturated carbocycles. The highest BCUT2D eigenvalue weighted by molar-refractivity contribution is 7.07. The van der Waals surface area contributed by atoms with Gasteiger partial charge in [-0.25, -0.2) is 9.67 Å². The average molecular weight is 371 g/mol. The Bertz CT molecular complexity index is 877. The van der Waals surface area contributed by atoms with Gasteiger partial charge in [0.25, 0.3) is 0 Å². The third kappa shape index (κ3) is 3.70. The van der Waals surface area contributed by atoms with E-state index in [0.29, 0.717) is 18.5 Å². The summed E-state index contributed by atoms with van der Waals surface area (Å²) < 4.78 is 1.90. The molecule has 4 heterocycles. The zero-order chi connectivity index (χ0) is 17.9. The van der Waals surface area contributed by atoms with Crippen LogP contribution in [0.3, 0.4) is 0 Å². The third-order valence-corrected chi connectivity index (χ3v) is 4.93. The molecule has 26 heavy (non-hydrogen) atoms. The fourth-order valence-corrected chi connectivity index (χ4v) is 3.40. The summed E-state index contributed by atoms with van der Waals surface area (Å²) in [5.41, 5.74) is 4.78. The van der Waals surface area contributed by atoms with Crippen LogP contribution in [-0.4, -0.2) is 58.2 Å². The van der Waals surface area contributed by atoms with Gasteiger partial charge in [-0.05, 0) is 37.5 Å². The van der Waals surface area contributed by atoms with Crippen LogP contribution in [0.5, 0.6) is 0 Å². The molecule has 3 aromatic rings. The molecule has 3 aromatic heterocycles. The molecule has 0 bridgehead atoms. The van der Waals surface area contributed by atoms with E-state index >= 15 is 0 Å². The van der Waals surface area contributed by atoms with Crippen molar-refractivity contribution in [2.45, 2.75) is 39.4 Å². The molecule has 1 aliphatic rings. The van der Waals surface area contributed by atoms with Crippen LogP contribution < -0.4 is 0 Å². The number of aromatic nitrogens is 8. The van der Waals surface area contributed by atoms with E-state index in [9.17, 15) is 0 Å². The normalized spacial score (nSPS) is 16.0. The third-order valence-electron chi connectivity index (χ3n) is 4.34. The van der Waals surface area contributed by atoms with E-state index in [4.69, 9.17) is 0 Å². The highest BCUT2D eigenvalue weighted by atomic mass is 32.1. The minimum Gasteiger partial charge on any atom is -0.282 e. The van der Waals surface area contributed by atoms with Crippen molar-refractivity contribution in [2.24, 2.45) is 0 Å². The maximum Gasteiger partial charge on any atom is 0.224 e. The van der Waals surface area contributed by atoms with Crippen molar-refractivity contribution >= 4 is 16.9 Å². The summed E-state index contributed by atoms with van der Waals surface area (Å²) in [5, 5.41) is 23.1. The number of hydrogen-bond donors (Lipinski definition) is 0. The molecule has 0 atom stereocenters. The summed E-state index contributed by atoms with van der Waals surface area (Å²) in [6.07, 6.45) is 6.21. The minimum atomic E-state index is 0.324. The van der Waals surface area contributed by atoms with Gasteiger partial charge in [0.15, 0.2) is 0 Å². The lowest BCUT2D eigenvalue weighted by molar-refractivity contribution is 0.202. The Hall–Kier alpha value is -2.46. The van der Waals surface area contributed by atoms with Gasteiger partial charge in [0.05, 0.1) is 11.7 Å². The first kappa shape index (κ1) is 17.0. The summed E-state index contributed by atoms with van der Waals surface area (Å²) >= 11 is 1.53. The van der Waals surface area contributed by atoms with Gasteiger partial charge in [-0.15, -0.1) is 31.4 Å². The van der Waals surface area contributed by atoms with Crippen LogP contribution in [0.15, 0.2) is 23.2 Å². The second-order valence-electron chi connectivity index (χ2n) is 6.56. The van der Waals surface area contributed by atoms with Crippen molar-refractivity contribution in [3.63, 3.8) is 0 Å². The molecule has 0 amide bonds. The molecule has 1 aliphatic heterocycles. The highest BCUT2D eigenvalue weighted by Crippen LogP contribution is 2.21. The Morgan fingerprint density at radius 2 is 2.08 bits per heavy atom. The predicted octanol–water partition coefficient (Wildman–Crippen LogP) is 2.11. The van der Waals surface area contributed by atoms with Crippen molar-refractivity contribution < 1.29 is 0 Å². The molecule has 0 fully saturated rings. The number of nitrogens with zero attached hydrogens (tertiary/aromatic N) is 9. The SMILES string of the molecule is CC(C)n1cc(C2=CCCN(Cn3nnc(-c4cscn4)n3)CC2)nn1. The summed E-state index contributed by atoms with van der Waals surface area (Å²) in [6.45, 7) is 6.71. The van der Waals surface area contributed by atoms with Crippen LogP contribution >= 0.6 is 11.3 Å². The summed E-state index contributed by atoms with van der Waals surface area (Å²) in [6, 6.07) is 0.324. The standard InChI is InChI=1S/C16H21N9S/c1-12(2)24-8-14(18-21-24)13-4-3-6-23(7-5-13)11-25-20-16(19-22-25)15-9-26-10-17-15/h4,8-10,12H,3,5-7,11H2,1-2H3. The largest absolute Gasteiger partial charge is 0.282 e. The molecule has 0 unspecified atom stereocenters. The van der Waals surface area contributed by atoms with Crippen LogP contribution in [0.1, 0.15) is 38.4 Å². The molecule has 136 valence electrons. The van der Waals surface area contributed by atoms with E-state index < -0.39 is 0 Å².